The van der Waals surface area contributed by atoms with Gasteiger partial charge in [0.2, 0.25) is 0 Å². The van der Waals surface area contributed by atoms with Gasteiger partial charge in [0, 0.05) is 39.3 Å². The molecule has 18 heavy (non-hydrogen) atoms. The second kappa shape index (κ2) is 9.73. The van der Waals surface area contributed by atoms with Gasteiger partial charge in [-0.25, -0.2) is 0 Å². The summed E-state index contributed by atoms with van der Waals surface area (Å²) in [5.41, 5.74) is 2.13. The van der Waals surface area contributed by atoms with E-state index < -0.39 is 0 Å². The van der Waals surface area contributed by atoms with E-state index in [4.69, 9.17) is 4.74 Å². The second-order valence-corrected chi connectivity index (χ2v) is 4.56. The van der Waals surface area contributed by atoms with Crippen molar-refractivity contribution in [3.63, 3.8) is 0 Å². The average molecular weight is 318 g/mol. The van der Waals surface area contributed by atoms with Gasteiger partial charge in [-0.05, 0) is 18.8 Å². The maximum absolute atomic E-state index is 5.45. The van der Waals surface area contributed by atoms with E-state index in [2.05, 4.69) is 38.3 Å². The van der Waals surface area contributed by atoms with Gasteiger partial charge in [-0.1, -0.05) is 32.3 Å². The van der Waals surface area contributed by atoms with Crippen LogP contribution >= 0.6 is 0 Å². The molecule has 0 spiro atoms. The standard InChI is InChI=1S/C16H21O.Y/c1-5-15(13(2)3)10-8-14(4)9-11-16-7-6-12-17-16;/h5,8,13,16H,1,6-7,12H2,2-4H3;/q-1;/b14-8+;. The molecule has 1 nitrogen and oxygen atoms in total. The Bertz CT molecular complexity index is 374. The number of hydrogen-bond donors (Lipinski definition) is 0. The third-order valence-electron chi connectivity index (χ3n) is 2.66. The molecule has 1 fully saturated rings. The zero-order chi connectivity index (χ0) is 12.7. The maximum Gasteiger partial charge on any atom is 0.117 e. The van der Waals surface area contributed by atoms with Crippen LogP contribution in [0.3, 0.4) is 0 Å². The first kappa shape index (κ1) is 17.8. The van der Waals surface area contributed by atoms with E-state index in [0.717, 1.165) is 30.6 Å². The predicted molar refractivity (Wildman–Crippen MR) is 72.3 cm³/mol. The van der Waals surface area contributed by atoms with Crippen LogP contribution in [-0.2, 0) is 37.4 Å². The minimum atomic E-state index is 0. The van der Waals surface area contributed by atoms with Crippen molar-refractivity contribution in [1.82, 2.24) is 0 Å². The van der Waals surface area contributed by atoms with Gasteiger partial charge >= 0.3 is 0 Å². The van der Waals surface area contributed by atoms with E-state index >= 15 is 0 Å². The van der Waals surface area contributed by atoms with Crippen LogP contribution in [0.4, 0.5) is 0 Å². The molecule has 2 heteroatoms. The quantitative estimate of drug-likeness (QED) is 0.438. The first-order valence-electron chi connectivity index (χ1n) is 6.19. The van der Waals surface area contributed by atoms with E-state index in [1.807, 2.05) is 19.1 Å². The molecule has 0 aromatic rings. The summed E-state index contributed by atoms with van der Waals surface area (Å²) in [5.74, 6) is 6.70. The number of ether oxygens (including phenoxy) is 1. The Kier molecular flexibility index (Phi) is 9.65. The first-order chi connectivity index (χ1) is 8.13. The number of hydrogen-bond acceptors (Lipinski definition) is 1. The SMILES string of the molecule is C=CC(=[C-]/C=C(\C)C#CC1CCCO1)C(C)C.[Y]. The largest absolute Gasteiger partial charge is 0.366 e. The Balaban J connectivity index is 0.00000289. The van der Waals surface area contributed by atoms with Gasteiger partial charge in [-0.2, -0.15) is 30.4 Å². The van der Waals surface area contributed by atoms with Gasteiger partial charge in [0.15, 0.2) is 0 Å². The average Bonchev–Trinajstić information content (AvgIpc) is 2.79. The van der Waals surface area contributed by atoms with Crippen LogP contribution in [0.2, 0.25) is 0 Å². The Morgan fingerprint density at radius 1 is 1.50 bits per heavy atom. The Labute approximate surface area is 137 Å². The van der Waals surface area contributed by atoms with Crippen LogP contribution < -0.4 is 0 Å². The Hall–Kier alpha value is -0.156. The summed E-state index contributed by atoms with van der Waals surface area (Å²) in [6.45, 7) is 10.9. The fourth-order valence-electron chi connectivity index (χ4n) is 1.57. The van der Waals surface area contributed by atoms with Gasteiger partial charge in [0.1, 0.15) is 6.10 Å². The molecule has 1 rings (SSSR count). The van der Waals surface area contributed by atoms with Crippen LogP contribution in [-0.4, -0.2) is 12.7 Å². The molecule has 0 aromatic carbocycles. The van der Waals surface area contributed by atoms with Crippen LogP contribution in [0.15, 0.2) is 29.9 Å². The normalized spacial score (nSPS) is 20.1. The second-order valence-electron chi connectivity index (χ2n) is 4.56. The van der Waals surface area contributed by atoms with E-state index in [0.29, 0.717) is 5.92 Å². The smallest absolute Gasteiger partial charge is 0.117 e. The Morgan fingerprint density at radius 2 is 2.22 bits per heavy atom. The number of allylic oxidation sites excluding steroid dienone is 5. The summed E-state index contributed by atoms with van der Waals surface area (Å²) in [6.07, 6.45) is 9.33. The molecule has 0 N–H and O–H groups in total. The van der Waals surface area contributed by atoms with Crippen molar-refractivity contribution in [2.45, 2.75) is 39.7 Å². The fourth-order valence-corrected chi connectivity index (χ4v) is 1.57. The third kappa shape index (κ3) is 6.69. The van der Waals surface area contributed by atoms with Crippen molar-refractivity contribution in [3.8, 4) is 11.8 Å². The topological polar surface area (TPSA) is 9.23 Å². The van der Waals surface area contributed by atoms with Crippen molar-refractivity contribution < 1.29 is 37.4 Å². The molecular formula is C16H21OY-. The molecule has 0 amide bonds. The van der Waals surface area contributed by atoms with E-state index in [1.54, 1.807) is 0 Å². The minimum Gasteiger partial charge on any atom is -0.366 e. The molecule has 1 unspecified atom stereocenters. The molecule has 1 heterocycles. The summed E-state index contributed by atoms with van der Waals surface area (Å²) in [4.78, 5) is 0. The summed E-state index contributed by atoms with van der Waals surface area (Å²) < 4.78 is 5.45. The van der Waals surface area contributed by atoms with Gasteiger partial charge in [-0.15, -0.1) is 5.92 Å². The predicted octanol–water partition coefficient (Wildman–Crippen LogP) is 3.68. The van der Waals surface area contributed by atoms with Gasteiger partial charge < -0.3 is 4.74 Å². The third-order valence-corrected chi connectivity index (χ3v) is 2.66. The van der Waals surface area contributed by atoms with Crippen LogP contribution in [0, 0.1) is 23.8 Å². The molecule has 0 saturated carbocycles. The Morgan fingerprint density at radius 3 is 2.72 bits per heavy atom. The molecule has 0 aromatic heterocycles. The molecular weight excluding hydrogens is 297 g/mol. The molecule has 1 saturated heterocycles. The van der Waals surface area contributed by atoms with E-state index in [9.17, 15) is 0 Å². The fraction of sp³-hybridized carbons (Fsp3) is 0.500. The van der Waals surface area contributed by atoms with Crippen molar-refractivity contribution in [2.24, 2.45) is 5.92 Å². The van der Waals surface area contributed by atoms with Crippen molar-refractivity contribution in [2.75, 3.05) is 6.61 Å². The van der Waals surface area contributed by atoms with Crippen molar-refractivity contribution in [1.29, 1.82) is 0 Å². The van der Waals surface area contributed by atoms with E-state index in [-0.39, 0.29) is 38.8 Å². The summed E-state index contributed by atoms with van der Waals surface area (Å²) in [7, 11) is 0. The van der Waals surface area contributed by atoms with Gasteiger partial charge in [-0.3, -0.25) is 0 Å². The minimum absolute atomic E-state index is 0. The molecule has 1 aliphatic heterocycles. The van der Waals surface area contributed by atoms with Crippen molar-refractivity contribution >= 4 is 0 Å². The molecule has 0 aliphatic carbocycles. The van der Waals surface area contributed by atoms with Crippen LogP contribution in [0.1, 0.15) is 33.6 Å². The van der Waals surface area contributed by atoms with Crippen LogP contribution in [0.5, 0.6) is 0 Å². The zero-order valence-electron chi connectivity index (χ0n) is 11.6. The zero-order valence-corrected chi connectivity index (χ0v) is 14.5. The van der Waals surface area contributed by atoms with Gasteiger partial charge in [0.25, 0.3) is 0 Å². The van der Waals surface area contributed by atoms with Gasteiger partial charge in [0.05, 0.1) is 0 Å². The molecule has 95 valence electrons. The van der Waals surface area contributed by atoms with Crippen molar-refractivity contribution in [3.05, 3.63) is 36.0 Å². The summed E-state index contributed by atoms with van der Waals surface area (Å²) >= 11 is 0. The molecule has 1 aliphatic rings. The molecule has 0 bridgehead atoms. The van der Waals surface area contributed by atoms with Crippen LogP contribution in [0.25, 0.3) is 0 Å². The van der Waals surface area contributed by atoms with E-state index in [1.165, 1.54) is 0 Å². The maximum atomic E-state index is 5.45. The summed E-state index contributed by atoms with van der Waals surface area (Å²) in [5, 5.41) is 0. The molecule has 1 atom stereocenters. The molecule has 1 radical (unpaired) electrons. The first-order valence-corrected chi connectivity index (χ1v) is 6.19. The monoisotopic (exact) mass is 318 g/mol. The summed E-state index contributed by atoms with van der Waals surface area (Å²) in [6, 6.07) is 0. The number of rotatable bonds is 3.